The van der Waals surface area contributed by atoms with Gasteiger partial charge in [-0.15, -0.1) is 0 Å². The van der Waals surface area contributed by atoms with E-state index in [9.17, 15) is 4.79 Å². The smallest absolute Gasteiger partial charge is 0.321 e. The molecule has 2 saturated carbocycles. The van der Waals surface area contributed by atoms with E-state index in [0.717, 1.165) is 30.4 Å². The Labute approximate surface area is 123 Å². The van der Waals surface area contributed by atoms with Crippen LogP contribution in [0.15, 0.2) is 11.8 Å². The molecule has 1 aliphatic heterocycles. The molecule has 0 radical (unpaired) electrons. The van der Waals surface area contributed by atoms with E-state index in [0.29, 0.717) is 0 Å². The number of hydrogen-bond donors (Lipinski definition) is 0. The molecule has 0 amide bonds. The minimum atomic E-state index is 0.0328. The summed E-state index contributed by atoms with van der Waals surface area (Å²) in [6, 6.07) is 0. The van der Waals surface area contributed by atoms with Gasteiger partial charge in [-0.05, 0) is 30.8 Å². The summed E-state index contributed by atoms with van der Waals surface area (Å²) in [4.78, 5) is 11.7. The lowest BCUT2D eigenvalue weighted by atomic mass is 9.80. The highest BCUT2D eigenvalue weighted by Gasteiger charge is 2.38. The van der Waals surface area contributed by atoms with E-state index in [4.69, 9.17) is 4.74 Å². The number of carbonyl (C=O) groups is 1. The summed E-state index contributed by atoms with van der Waals surface area (Å²) in [5.41, 5.74) is 0. The van der Waals surface area contributed by atoms with Gasteiger partial charge in [-0.25, -0.2) is 0 Å². The molecule has 1 heterocycles. The van der Waals surface area contributed by atoms with Gasteiger partial charge in [0, 0.05) is 0 Å². The maximum absolute atomic E-state index is 11.7. The highest BCUT2D eigenvalue weighted by Crippen LogP contribution is 2.38. The van der Waals surface area contributed by atoms with Crippen LogP contribution in [0.2, 0.25) is 0 Å². The second-order valence-corrected chi connectivity index (χ2v) is 7.06. The van der Waals surface area contributed by atoms with Gasteiger partial charge in [-0.1, -0.05) is 64.2 Å². The van der Waals surface area contributed by atoms with Crippen LogP contribution in [0.1, 0.15) is 77.0 Å². The van der Waals surface area contributed by atoms with Crippen LogP contribution in [0.5, 0.6) is 0 Å². The van der Waals surface area contributed by atoms with Crippen molar-refractivity contribution < 1.29 is 9.53 Å². The normalized spacial score (nSPS) is 31.1. The molecule has 20 heavy (non-hydrogen) atoms. The second kappa shape index (κ2) is 6.78. The van der Waals surface area contributed by atoms with Gasteiger partial charge < -0.3 is 4.74 Å². The first-order valence-electron chi connectivity index (χ1n) is 8.74. The van der Waals surface area contributed by atoms with E-state index in [1.165, 1.54) is 64.2 Å². The van der Waals surface area contributed by atoms with Crippen molar-refractivity contribution in [3.63, 3.8) is 0 Å². The van der Waals surface area contributed by atoms with Crippen LogP contribution in [0.3, 0.4) is 0 Å². The Balaban J connectivity index is 1.49. The zero-order chi connectivity index (χ0) is 13.8. The second-order valence-electron chi connectivity index (χ2n) is 7.06. The summed E-state index contributed by atoms with van der Waals surface area (Å²) in [6.07, 6.45) is 18.1. The molecule has 0 aromatic rings. The van der Waals surface area contributed by atoms with Crippen molar-refractivity contribution in [2.24, 2.45) is 17.8 Å². The summed E-state index contributed by atoms with van der Waals surface area (Å²) in [6.45, 7) is 0. The summed E-state index contributed by atoms with van der Waals surface area (Å²) in [7, 11) is 0. The molecule has 3 aliphatic rings. The van der Waals surface area contributed by atoms with Crippen molar-refractivity contribution in [1.29, 1.82) is 0 Å². The standard InChI is InChI=1S/C18H28O2/c19-18-16(13-15-9-5-2-6-10-15)17(20-18)12-11-14-7-3-1-4-8-14/h12,14-16H,1-11,13H2. The Hall–Kier alpha value is -0.790. The number of cyclic esters (lactones) is 1. The molecule has 0 aromatic carbocycles. The maximum Gasteiger partial charge on any atom is 0.321 e. The Bertz CT molecular complexity index is 360. The Morgan fingerprint density at radius 1 is 0.900 bits per heavy atom. The lowest BCUT2D eigenvalue weighted by molar-refractivity contribution is -0.158. The fourth-order valence-electron chi connectivity index (χ4n) is 4.17. The van der Waals surface area contributed by atoms with E-state index >= 15 is 0 Å². The highest BCUT2D eigenvalue weighted by molar-refractivity contribution is 5.83. The Kier molecular flexibility index (Phi) is 4.80. The van der Waals surface area contributed by atoms with E-state index in [1.54, 1.807) is 0 Å². The van der Waals surface area contributed by atoms with Crippen LogP contribution < -0.4 is 0 Å². The zero-order valence-corrected chi connectivity index (χ0v) is 12.6. The molecular weight excluding hydrogens is 248 g/mol. The summed E-state index contributed by atoms with van der Waals surface area (Å²) in [5, 5.41) is 0. The van der Waals surface area contributed by atoms with E-state index in [-0.39, 0.29) is 11.9 Å². The largest absolute Gasteiger partial charge is 0.430 e. The quantitative estimate of drug-likeness (QED) is 0.677. The molecule has 2 aliphatic carbocycles. The molecule has 0 spiro atoms. The van der Waals surface area contributed by atoms with Crippen LogP contribution in [-0.2, 0) is 9.53 Å². The van der Waals surface area contributed by atoms with E-state index in [2.05, 4.69) is 6.08 Å². The van der Waals surface area contributed by atoms with Gasteiger partial charge in [-0.2, -0.15) is 0 Å². The SMILES string of the molecule is O=C1OC(=CCC2CCCCC2)C1CC1CCCCC1. The predicted molar refractivity (Wildman–Crippen MR) is 80.0 cm³/mol. The van der Waals surface area contributed by atoms with Crippen LogP contribution in [0, 0.1) is 17.8 Å². The van der Waals surface area contributed by atoms with Crippen molar-refractivity contribution >= 4 is 5.97 Å². The maximum atomic E-state index is 11.7. The number of ether oxygens (including phenoxy) is 1. The highest BCUT2D eigenvalue weighted by atomic mass is 16.6. The average molecular weight is 276 g/mol. The summed E-state index contributed by atoms with van der Waals surface area (Å²) >= 11 is 0. The van der Waals surface area contributed by atoms with Crippen LogP contribution in [0.25, 0.3) is 0 Å². The number of esters is 1. The van der Waals surface area contributed by atoms with Gasteiger partial charge in [0.05, 0.1) is 0 Å². The molecule has 2 nitrogen and oxygen atoms in total. The number of hydrogen-bond acceptors (Lipinski definition) is 2. The topological polar surface area (TPSA) is 26.3 Å². The van der Waals surface area contributed by atoms with Gasteiger partial charge in [-0.3, -0.25) is 4.79 Å². The molecule has 0 aromatic heterocycles. The first-order chi connectivity index (χ1) is 9.83. The third-order valence-electron chi connectivity index (χ3n) is 5.52. The van der Waals surface area contributed by atoms with Gasteiger partial charge in [0.2, 0.25) is 0 Å². The minimum Gasteiger partial charge on any atom is -0.430 e. The van der Waals surface area contributed by atoms with E-state index in [1.807, 2.05) is 0 Å². The first kappa shape index (κ1) is 14.2. The molecule has 0 bridgehead atoms. The number of rotatable bonds is 4. The predicted octanol–water partition coefficient (Wildman–Crippen LogP) is 4.98. The van der Waals surface area contributed by atoms with E-state index < -0.39 is 0 Å². The lowest BCUT2D eigenvalue weighted by Gasteiger charge is -2.32. The molecular formula is C18H28O2. The average Bonchev–Trinajstić information content (AvgIpc) is 2.51. The lowest BCUT2D eigenvalue weighted by Crippen LogP contribution is -2.34. The Morgan fingerprint density at radius 2 is 1.50 bits per heavy atom. The fourth-order valence-corrected chi connectivity index (χ4v) is 4.17. The summed E-state index contributed by atoms with van der Waals surface area (Å²) in [5.74, 6) is 2.75. The molecule has 3 fully saturated rings. The number of allylic oxidation sites excluding steroid dienone is 1. The van der Waals surface area contributed by atoms with Crippen molar-refractivity contribution in [1.82, 2.24) is 0 Å². The van der Waals surface area contributed by atoms with Crippen molar-refractivity contribution in [2.75, 3.05) is 0 Å². The molecule has 1 unspecified atom stereocenters. The third kappa shape index (κ3) is 3.45. The molecule has 0 N–H and O–H groups in total. The minimum absolute atomic E-state index is 0.0328. The van der Waals surface area contributed by atoms with Crippen molar-refractivity contribution in [3.8, 4) is 0 Å². The Morgan fingerprint density at radius 3 is 2.10 bits per heavy atom. The fraction of sp³-hybridized carbons (Fsp3) is 0.833. The summed E-state index contributed by atoms with van der Waals surface area (Å²) < 4.78 is 5.31. The van der Waals surface area contributed by atoms with Crippen molar-refractivity contribution in [2.45, 2.75) is 77.0 Å². The van der Waals surface area contributed by atoms with Crippen LogP contribution in [0.4, 0.5) is 0 Å². The van der Waals surface area contributed by atoms with Gasteiger partial charge in [0.1, 0.15) is 11.7 Å². The van der Waals surface area contributed by atoms with Crippen LogP contribution >= 0.6 is 0 Å². The van der Waals surface area contributed by atoms with Crippen molar-refractivity contribution in [3.05, 3.63) is 11.8 Å². The molecule has 1 saturated heterocycles. The monoisotopic (exact) mass is 276 g/mol. The molecule has 2 heteroatoms. The molecule has 1 atom stereocenters. The number of carbonyl (C=O) groups excluding carboxylic acids is 1. The van der Waals surface area contributed by atoms with Gasteiger partial charge in [0.25, 0.3) is 0 Å². The third-order valence-corrected chi connectivity index (χ3v) is 5.52. The van der Waals surface area contributed by atoms with Gasteiger partial charge >= 0.3 is 5.97 Å². The molecule has 3 rings (SSSR count). The first-order valence-corrected chi connectivity index (χ1v) is 8.74. The molecule has 112 valence electrons. The van der Waals surface area contributed by atoms with Crippen LogP contribution in [-0.4, -0.2) is 5.97 Å². The zero-order valence-electron chi connectivity index (χ0n) is 12.6. The van der Waals surface area contributed by atoms with Gasteiger partial charge in [0.15, 0.2) is 0 Å².